The molecule has 0 spiro atoms. The van der Waals surface area contributed by atoms with Crippen molar-refractivity contribution < 1.29 is 0 Å². The molecule has 106 valence electrons. The molecule has 1 unspecified atom stereocenters. The van der Waals surface area contributed by atoms with Gasteiger partial charge in [-0.2, -0.15) is 0 Å². The molecule has 2 rings (SSSR count). The smallest absolute Gasteiger partial charge is 0.0295 e. The Kier molecular flexibility index (Phi) is 4.62. The van der Waals surface area contributed by atoms with E-state index in [1.165, 1.54) is 31.2 Å². The molecular weight excluding hydrogens is 232 g/mol. The Morgan fingerprint density at radius 2 is 1.68 bits per heavy atom. The van der Waals surface area contributed by atoms with Crippen LogP contribution in [0.15, 0.2) is 24.5 Å². The van der Waals surface area contributed by atoms with Crippen molar-refractivity contribution in [3.63, 3.8) is 0 Å². The van der Waals surface area contributed by atoms with Crippen molar-refractivity contribution in [1.29, 1.82) is 0 Å². The Morgan fingerprint density at radius 3 is 2.21 bits per heavy atom. The van der Waals surface area contributed by atoms with E-state index in [0.717, 1.165) is 5.92 Å². The summed E-state index contributed by atoms with van der Waals surface area (Å²) in [5.41, 5.74) is 1.81. The van der Waals surface area contributed by atoms with Gasteiger partial charge in [-0.1, -0.05) is 20.8 Å². The molecule has 1 N–H and O–H groups in total. The molecule has 1 saturated carbocycles. The summed E-state index contributed by atoms with van der Waals surface area (Å²) in [6.45, 7) is 9.40. The lowest BCUT2D eigenvalue weighted by molar-refractivity contribution is 0.157. The highest BCUT2D eigenvalue weighted by Gasteiger charge is 2.29. The normalized spacial score (nSPS) is 26.1. The SMILES string of the molecule is CC(NC1CCC(C(C)(C)C)CC1)c1ccncc1. The predicted molar refractivity (Wildman–Crippen MR) is 81.0 cm³/mol. The van der Waals surface area contributed by atoms with E-state index in [4.69, 9.17) is 0 Å². The highest BCUT2D eigenvalue weighted by Crippen LogP contribution is 2.38. The molecule has 0 saturated heterocycles. The maximum atomic E-state index is 4.08. The van der Waals surface area contributed by atoms with Gasteiger partial charge in [-0.15, -0.1) is 0 Å². The number of hydrogen-bond acceptors (Lipinski definition) is 2. The Hall–Kier alpha value is -0.890. The zero-order valence-corrected chi connectivity index (χ0v) is 12.8. The molecule has 19 heavy (non-hydrogen) atoms. The van der Waals surface area contributed by atoms with Crippen molar-refractivity contribution in [3.05, 3.63) is 30.1 Å². The van der Waals surface area contributed by atoms with Gasteiger partial charge >= 0.3 is 0 Å². The van der Waals surface area contributed by atoms with E-state index in [2.05, 4.69) is 50.1 Å². The molecule has 0 aromatic carbocycles. The summed E-state index contributed by atoms with van der Waals surface area (Å²) in [6, 6.07) is 5.33. The molecule has 0 radical (unpaired) electrons. The van der Waals surface area contributed by atoms with Gasteiger partial charge in [0.1, 0.15) is 0 Å². The Morgan fingerprint density at radius 1 is 1.11 bits per heavy atom. The van der Waals surface area contributed by atoms with Gasteiger partial charge < -0.3 is 5.32 Å². The van der Waals surface area contributed by atoms with Gasteiger partial charge in [-0.05, 0) is 61.6 Å². The van der Waals surface area contributed by atoms with Crippen LogP contribution in [0.4, 0.5) is 0 Å². The Labute approximate surface area is 118 Å². The minimum atomic E-state index is 0.430. The molecule has 0 bridgehead atoms. The Balaban J connectivity index is 1.83. The summed E-state index contributed by atoms with van der Waals surface area (Å²) >= 11 is 0. The fourth-order valence-electron chi connectivity index (χ4n) is 3.23. The third kappa shape index (κ3) is 4.04. The van der Waals surface area contributed by atoms with Crippen LogP contribution < -0.4 is 5.32 Å². The first-order valence-corrected chi connectivity index (χ1v) is 7.63. The minimum absolute atomic E-state index is 0.430. The second-order valence-corrected chi connectivity index (χ2v) is 7.08. The molecule has 0 amide bonds. The summed E-state index contributed by atoms with van der Waals surface area (Å²) in [5.74, 6) is 0.891. The van der Waals surface area contributed by atoms with Crippen molar-refractivity contribution in [2.45, 2.75) is 65.5 Å². The van der Waals surface area contributed by atoms with E-state index in [9.17, 15) is 0 Å². The van der Waals surface area contributed by atoms with Gasteiger partial charge in [0.05, 0.1) is 0 Å². The number of pyridine rings is 1. The maximum Gasteiger partial charge on any atom is 0.0295 e. The highest BCUT2D eigenvalue weighted by molar-refractivity contribution is 5.14. The van der Waals surface area contributed by atoms with Gasteiger partial charge in [0.25, 0.3) is 0 Å². The monoisotopic (exact) mass is 260 g/mol. The van der Waals surface area contributed by atoms with Crippen LogP contribution in [-0.4, -0.2) is 11.0 Å². The van der Waals surface area contributed by atoms with Gasteiger partial charge in [0.2, 0.25) is 0 Å². The lowest BCUT2D eigenvalue weighted by atomic mass is 9.71. The van der Waals surface area contributed by atoms with Crippen molar-refractivity contribution in [2.75, 3.05) is 0 Å². The van der Waals surface area contributed by atoms with Crippen LogP contribution in [0.5, 0.6) is 0 Å². The number of nitrogens with zero attached hydrogens (tertiary/aromatic N) is 1. The molecule has 1 aromatic rings. The molecule has 1 fully saturated rings. The molecule has 0 aliphatic heterocycles. The predicted octanol–water partition coefficient (Wildman–Crippen LogP) is 4.34. The molecule has 1 aromatic heterocycles. The second kappa shape index (κ2) is 6.04. The van der Waals surface area contributed by atoms with E-state index in [1.807, 2.05) is 12.4 Å². The van der Waals surface area contributed by atoms with E-state index in [1.54, 1.807) is 0 Å². The summed E-state index contributed by atoms with van der Waals surface area (Å²) in [5, 5.41) is 3.78. The van der Waals surface area contributed by atoms with E-state index < -0.39 is 0 Å². The first-order chi connectivity index (χ1) is 8.97. The third-order valence-corrected chi connectivity index (χ3v) is 4.64. The van der Waals surface area contributed by atoms with Gasteiger partial charge in [0, 0.05) is 24.5 Å². The van der Waals surface area contributed by atoms with E-state index in [-0.39, 0.29) is 0 Å². The van der Waals surface area contributed by atoms with Gasteiger partial charge in [-0.3, -0.25) is 4.98 Å². The van der Waals surface area contributed by atoms with Crippen molar-refractivity contribution >= 4 is 0 Å². The van der Waals surface area contributed by atoms with Crippen LogP contribution in [-0.2, 0) is 0 Å². The van der Waals surface area contributed by atoms with Crippen LogP contribution in [0.3, 0.4) is 0 Å². The minimum Gasteiger partial charge on any atom is -0.307 e. The third-order valence-electron chi connectivity index (χ3n) is 4.64. The van der Waals surface area contributed by atoms with Gasteiger partial charge in [-0.25, -0.2) is 0 Å². The van der Waals surface area contributed by atoms with Crippen molar-refractivity contribution in [2.24, 2.45) is 11.3 Å². The zero-order valence-electron chi connectivity index (χ0n) is 12.8. The summed E-state index contributed by atoms with van der Waals surface area (Å²) in [4.78, 5) is 4.08. The van der Waals surface area contributed by atoms with Crippen molar-refractivity contribution in [3.8, 4) is 0 Å². The first-order valence-electron chi connectivity index (χ1n) is 7.63. The molecule has 1 aliphatic rings. The van der Waals surface area contributed by atoms with Crippen molar-refractivity contribution in [1.82, 2.24) is 10.3 Å². The summed E-state index contributed by atoms with van der Waals surface area (Å²) < 4.78 is 0. The molecule has 2 nitrogen and oxygen atoms in total. The maximum absolute atomic E-state index is 4.08. The van der Waals surface area contributed by atoms with Crippen LogP contribution >= 0.6 is 0 Å². The summed E-state index contributed by atoms with van der Waals surface area (Å²) in [7, 11) is 0. The fraction of sp³-hybridized carbons (Fsp3) is 0.706. The average molecular weight is 260 g/mol. The molecule has 1 heterocycles. The highest BCUT2D eigenvalue weighted by atomic mass is 14.9. The van der Waals surface area contributed by atoms with Crippen LogP contribution in [0.25, 0.3) is 0 Å². The lowest BCUT2D eigenvalue weighted by Crippen LogP contribution is -2.37. The van der Waals surface area contributed by atoms with E-state index >= 15 is 0 Å². The van der Waals surface area contributed by atoms with Crippen LogP contribution in [0.1, 0.15) is 65.0 Å². The number of hydrogen-bond donors (Lipinski definition) is 1. The first kappa shape index (κ1) is 14.5. The number of aromatic nitrogens is 1. The molecule has 2 heteroatoms. The number of nitrogens with one attached hydrogen (secondary N) is 1. The molecule has 1 aliphatic carbocycles. The molecular formula is C17H28N2. The fourth-order valence-corrected chi connectivity index (χ4v) is 3.23. The average Bonchev–Trinajstić information content (AvgIpc) is 2.39. The topological polar surface area (TPSA) is 24.9 Å². The molecule has 1 atom stereocenters. The zero-order chi connectivity index (χ0) is 13.9. The largest absolute Gasteiger partial charge is 0.307 e. The standard InChI is InChI=1S/C17H28N2/c1-13(14-9-11-18-12-10-14)19-16-7-5-15(6-8-16)17(2,3)4/h9-13,15-16,19H,5-8H2,1-4H3. The van der Waals surface area contributed by atoms with Gasteiger partial charge in [0.15, 0.2) is 0 Å². The second-order valence-electron chi connectivity index (χ2n) is 7.08. The van der Waals surface area contributed by atoms with E-state index in [0.29, 0.717) is 17.5 Å². The quantitative estimate of drug-likeness (QED) is 0.874. The Bertz CT molecular complexity index is 372. The lowest BCUT2D eigenvalue weighted by Gasteiger charge is -2.38. The van der Waals surface area contributed by atoms with Crippen LogP contribution in [0, 0.1) is 11.3 Å². The van der Waals surface area contributed by atoms with Crippen LogP contribution in [0.2, 0.25) is 0 Å². The number of rotatable bonds is 3. The summed E-state index contributed by atoms with van der Waals surface area (Å²) in [6.07, 6.45) is 9.12.